The zero-order chi connectivity index (χ0) is 15.4. The van der Waals surface area contributed by atoms with Crippen molar-refractivity contribution in [3.8, 4) is 5.75 Å². The average Bonchev–Trinajstić information content (AvgIpc) is 2.37. The first-order valence-electron chi connectivity index (χ1n) is 5.88. The van der Waals surface area contributed by atoms with Crippen molar-refractivity contribution in [3.63, 3.8) is 0 Å². The van der Waals surface area contributed by atoms with Crippen molar-refractivity contribution < 1.29 is 9.53 Å². The Kier molecular flexibility index (Phi) is 5.33. The van der Waals surface area contributed by atoms with E-state index in [0.717, 1.165) is 4.47 Å². The van der Waals surface area contributed by atoms with E-state index >= 15 is 0 Å². The van der Waals surface area contributed by atoms with Crippen LogP contribution in [-0.4, -0.2) is 12.5 Å². The zero-order valence-electron chi connectivity index (χ0n) is 10.7. The van der Waals surface area contributed by atoms with Gasteiger partial charge in [-0.3, -0.25) is 4.79 Å². The Hall–Kier alpha value is -1.43. The summed E-state index contributed by atoms with van der Waals surface area (Å²) in [5.41, 5.74) is 6.68. The van der Waals surface area contributed by atoms with Crippen molar-refractivity contribution >= 4 is 56.4 Å². The number of ether oxygens (including phenoxy) is 1. The number of carbonyl (C=O) groups is 1. The van der Waals surface area contributed by atoms with Gasteiger partial charge in [0.1, 0.15) is 0 Å². The van der Waals surface area contributed by atoms with Crippen molar-refractivity contribution in [1.82, 2.24) is 0 Å². The van der Waals surface area contributed by atoms with Crippen molar-refractivity contribution in [2.24, 2.45) is 0 Å². The van der Waals surface area contributed by atoms with Crippen LogP contribution in [0.25, 0.3) is 0 Å². The lowest BCUT2D eigenvalue weighted by atomic mass is 10.3. The van der Waals surface area contributed by atoms with E-state index in [9.17, 15) is 4.79 Å². The molecule has 0 bridgehead atoms. The highest BCUT2D eigenvalue weighted by atomic mass is 79.9. The molecule has 0 atom stereocenters. The molecule has 3 N–H and O–H groups in total. The monoisotopic (exact) mass is 388 g/mol. The molecule has 7 heteroatoms. The summed E-state index contributed by atoms with van der Waals surface area (Å²) in [7, 11) is 0. The predicted molar refractivity (Wildman–Crippen MR) is 89.1 cm³/mol. The second-order valence-corrected chi connectivity index (χ2v) is 5.89. The molecule has 0 unspecified atom stereocenters. The third-order valence-corrected chi connectivity index (χ3v) is 3.53. The molecular weight excluding hydrogens is 379 g/mol. The minimum absolute atomic E-state index is 0.212. The van der Waals surface area contributed by atoms with E-state index in [1.54, 1.807) is 12.1 Å². The lowest BCUT2D eigenvalue weighted by molar-refractivity contribution is -0.118. The minimum Gasteiger partial charge on any atom is -0.481 e. The molecule has 2 rings (SSSR count). The zero-order valence-corrected chi connectivity index (χ0v) is 13.8. The summed E-state index contributed by atoms with van der Waals surface area (Å²) < 4.78 is 6.21. The number of hydrogen-bond acceptors (Lipinski definition) is 3. The summed E-state index contributed by atoms with van der Waals surface area (Å²) in [4.78, 5) is 11.8. The third-order valence-electron chi connectivity index (χ3n) is 2.48. The molecular formula is C14H11BrCl2N2O2. The Morgan fingerprint density at radius 2 is 1.90 bits per heavy atom. The molecule has 0 aliphatic rings. The topological polar surface area (TPSA) is 64.3 Å². The number of anilines is 2. The van der Waals surface area contributed by atoms with Crippen LogP contribution in [0.2, 0.25) is 10.0 Å². The first-order chi connectivity index (χ1) is 9.95. The Morgan fingerprint density at radius 1 is 1.24 bits per heavy atom. The molecule has 1 amide bonds. The van der Waals surface area contributed by atoms with Gasteiger partial charge in [0.25, 0.3) is 5.91 Å². The van der Waals surface area contributed by atoms with Crippen LogP contribution in [0.4, 0.5) is 11.4 Å². The number of carbonyl (C=O) groups excluding carboxylic acids is 1. The second kappa shape index (κ2) is 7.02. The summed E-state index contributed by atoms with van der Waals surface area (Å²) in [5.74, 6) is -0.0889. The number of nitrogens with two attached hydrogens (primary N) is 1. The number of hydrogen-bond donors (Lipinski definition) is 2. The maximum atomic E-state index is 11.8. The summed E-state index contributed by atoms with van der Waals surface area (Å²) in [6, 6.07) is 10.2. The van der Waals surface area contributed by atoms with Crippen molar-refractivity contribution in [2.45, 2.75) is 0 Å². The molecule has 0 aliphatic carbocycles. The molecule has 0 aromatic heterocycles. The standard InChI is InChI=1S/C14H11BrCl2N2O2/c15-8-2-1-3-10(4-8)19-13(20)7-21-14-11(16)5-9(18)6-12(14)17/h1-6H,7,18H2,(H,19,20). The fourth-order valence-corrected chi connectivity index (χ4v) is 2.63. The lowest BCUT2D eigenvalue weighted by Crippen LogP contribution is -2.20. The molecule has 2 aromatic carbocycles. The number of nitrogens with one attached hydrogen (secondary N) is 1. The molecule has 0 spiro atoms. The molecule has 0 saturated carbocycles. The highest BCUT2D eigenvalue weighted by molar-refractivity contribution is 9.10. The summed E-state index contributed by atoms with van der Waals surface area (Å²) >= 11 is 15.3. The summed E-state index contributed by atoms with van der Waals surface area (Å²) in [6.45, 7) is -0.212. The van der Waals surface area contributed by atoms with Crippen molar-refractivity contribution in [1.29, 1.82) is 0 Å². The van der Waals surface area contributed by atoms with Crippen molar-refractivity contribution in [3.05, 3.63) is 50.9 Å². The van der Waals surface area contributed by atoms with E-state index in [0.29, 0.717) is 11.4 Å². The van der Waals surface area contributed by atoms with Gasteiger partial charge in [0.15, 0.2) is 12.4 Å². The van der Waals surface area contributed by atoms with Crippen LogP contribution in [0.1, 0.15) is 0 Å². The van der Waals surface area contributed by atoms with E-state index < -0.39 is 0 Å². The highest BCUT2D eigenvalue weighted by Gasteiger charge is 2.11. The van der Waals surface area contributed by atoms with E-state index in [1.807, 2.05) is 12.1 Å². The van der Waals surface area contributed by atoms with E-state index in [4.69, 9.17) is 33.7 Å². The minimum atomic E-state index is -0.322. The summed E-state index contributed by atoms with van der Waals surface area (Å²) in [6.07, 6.45) is 0. The van der Waals surface area contributed by atoms with Gasteiger partial charge in [0, 0.05) is 15.8 Å². The maximum absolute atomic E-state index is 11.8. The first-order valence-corrected chi connectivity index (χ1v) is 7.43. The number of halogens is 3. The number of nitrogen functional groups attached to an aromatic ring is 1. The molecule has 0 aliphatic heterocycles. The quantitative estimate of drug-likeness (QED) is 0.763. The van der Waals surface area contributed by atoms with Gasteiger partial charge in [-0.25, -0.2) is 0 Å². The number of rotatable bonds is 4. The summed E-state index contributed by atoms with van der Waals surface area (Å²) in [5, 5.41) is 3.22. The van der Waals surface area contributed by atoms with Crippen molar-refractivity contribution in [2.75, 3.05) is 17.7 Å². The maximum Gasteiger partial charge on any atom is 0.262 e. The van der Waals surface area contributed by atoms with Crippen LogP contribution in [-0.2, 0) is 4.79 Å². The van der Waals surface area contributed by atoms with Gasteiger partial charge in [0.2, 0.25) is 0 Å². The molecule has 0 saturated heterocycles. The van der Waals surface area contributed by atoms with Gasteiger partial charge in [-0.2, -0.15) is 0 Å². The van der Waals surface area contributed by atoms with Gasteiger partial charge in [-0.05, 0) is 30.3 Å². The van der Waals surface area contributed by atoms with Crippen LogP contribution in [0.15, 0.2) is 40.9 Å². The number of benzene rings is 2. The van der Waals surface area contributed by atoms with Gasteiger partial charge < -0.3 is 15.8 Å². The normalized spacial score (nSPS) is 10.2. The van der Waals surface area contributed by atoms with Gasteiger partial charge >= 0.3 is 0 Å². The van der Waals surface area contributed by atoms with E-state index in [2.05, 4.69) is 21.2 Å². The van der Waals surface area contributed by atoms with Crippen LogP contribution >= 0.6 is 39.1 Å². The van der Waals surface area contributed by atoms with Gasteiger partial charge in [-0.15, -0.1) is 0 Å². The van der Waals surface area contributed by atoms with Crippen LogP contribution < -0.4 is 15.8 Å². The Morgan fingerprint density at radius 3 is 2.52 bits per heavy atom. The number of amides is 1. The smallest absolute Gasteiger partial charge is 0.262 e. The first kappa shape index (κ1) is 15.9. The highest BCUT2D eigenvalue weighted by Crippen LogP contribution is 2.35. The second-order valence-electron chi connectivity index (χ2n) is 4.16. The SMILES string of the molecule is Nc1cc(Cl)c(OCC(=O)Nc2cccc(Br)c2)c(Cl)c1. The van der Waals surface area contributed by atoms with Gasteiger partial charge in [0.05, 0.1) is 10.0 Å². The Labute approximate surface area is 140 Å². The predicted octanol–water partition coefficient (Wildman–Crippen LogP) is 4.36. The Bertz CT molecular complexity index is 657. The fourth-order valence-electron chi connectivity index (χ4n) is 1.62. The lowest BCUT2D eigenvalue weighted by Gasteiger charge is -2.11. The van der Waals surface area contributed by atoms with Crippen LogP contribution in [0, 0.1) is 0 Å². The van der Waals surface area contributed by atoms with E-state index in [-0.39, 0.29) is 28.3 Å². The van der Waals surface area contributed by atoms with Crippen LogP contribution in [0.5, 0.6) is 5.75 Å². The molecule has 0 heterocycles. The van der Waals surface area contributed by atoms with E-state index in [1.165, 1.54) is 12.1 Å². The van der Waals surface area contributed by atoms with Crippen LogP contribution in [0.3, 0.4) is 0 Å². The van der Waals surface area contributed by atoms with Gasteiger partial charge in [-0.1, -0.05) is 45.2 Å². The fraction of sp³-hybridized carbons (Fsp3) is 0.0714. The third kappa shape index (κ3) is 4.52. The molecule has 0 fully saturated rings. The molecule has 4 nitrogen and oxygen atoms in total. The Balaban J connectivity index is 1.99. The molecule has 2 aromatic rings. The largest absolute Gasteiger partial charge is 0.481 e. The molecule has 21 heavy (non-hydrogen) atoms. The molecule has 110 valence electrons. The average molecular weight is 390 g/mol. The molecule has 0 radical (unpaired) electrons.